The number of ether oxygens (including phenoxy) is 3. The number of methoxy groups -OCH3 is 2. The minimum Gasteiger partial charge on any atom is -0.481 e. The van der Waals surface area contributed by atoms with Gasteiger partial charge in [0.05, 0.1) is 32.0 Å². The molecule has 0 bridgehead atoms. The molecule has 2 atom stereocenters. The third kappa shape index (κ3) is 6.70. The Hall–Kier alpha value is -2.79. The number of hydrogen-bond acceptors (Lipinski definition) is 7. The molecule has 36 heavy (non-hydrogen) atoms. The van der Waals surface area contributed by atoms with Gasteiger partial charge < -0.3 is 19.1 Å². The highest BCUT2D eigenvalue weighted by Crippen LogP contribution is 2.30. The van der Waals surface area contributed by atoms with Crippen molar-refractivity contribution in [1.29, 1.82) is 0 Å². The summed E-state index contributed by atoms with van der Waals surface area (Å²) in [4.78, 5) is 31.3. The molecule has 2 aromatic rings. The van der Waals surface area contributed by atoms with Gasteiger partial charge in [-0.1, -0.05) is 26.6 Å². The van der Waals surface area contributed by atoms with Crippen LogP contribution in [0.25, 0.3) is 11.3 Å². The lowest BCUT2D eigenvalue weighted by Crippen LogP contribution is -2.47. The van der Waals surface area contributed by atoms with Crippen molar-refractivity contribution in [1.82, 2.24) is 19.7 Å². The van der Waals surface area contributed by atoms with E-state index in [4.69, 9.17) is 14.2 Å². The summed E-state index contributed by atoms with van der Waals surface area (Å²) in [6, 6.07) is 3.92. The van der Waals surface area contributed by atoms with Crippen LogP contribution in [0.5, 0.6) is 5.88 Å². The Balaban J connectivity index is 1.89. The molecule has 11 heteroatoms. The molecular weight excluding hydrogens is 483 g/mol. The van der Waals surface area contributed by atoms with Crippen LogP contribution >= 0.6 is 0 Å². The number of hydrogen-bond donors (Lipinski definition) is 0. The van der Waals surface area contributed by atoms with E-state index in [1.165, 1.54) is 25.0 Å². The number of likely N-dealkylation sites (tertiary alicyclic amines) is 1. The summed E-state index contributed by atoms with van der Waals surface area (Å²) >= 11 is 0. The number of aromatic nitrogens is 3. The van der Waals surface area contributed by atoms with E-state index in [0.717, 1.165) is 12.2 Å². The van der Waals surface area contributed by atoms with Crippen LogP contribution in [0.4, 0.5) is 4.39 Å². The van der Waals surface area contributed by atoms with Crippen molar-refractivity contribution in [3.63, 3.8) is 0 Å². The first-order chi connectivity index (χ1) is 17.1. The van der Waals surface area contributed by atoms with E-state index in [2.05, 4.69) is 29.7 Å². The molecule has 198 valence electrons. The van der Waals surface area contributed by atoms with Crippen LogP contribution in [0.2, 0.25) is 25.7 Å². The second kappa shape index (κ2) is 12.0. The Morgan fingerprint density at radius 2 is 1.97 bits per heavy atom. The highest BCUT2D eigenvalue weighted by molar-refractivity contribution is 6.76. The van der Waals surface area contributed by atoms with E-state index in [1.54, 1.807) is 11.0 Å². The van der Waals surface area contributed by atoms with Crippen LogP contribution in [0.1, 0.15) is 36.7 Å². The molecule has 1 aliphatic rings. The zero-order valence-corrected chi connectivity index (χ0v) is 23.0. The predicted molar refractivity (Wildman–Crippen MR) is 136 cm³/mol. The Bertz CT molecular complexity index is 1070. The lowest BCUT2D eigenvalue weighted by Gasteiger charge is -2.37. The van der Waals surface area contributed by atoms with Crippen molar-refractivity contribution in [3.05, 3.63) is 29.8 Å². The highest BCUT2D eigenvalue weighted by atomic mass is 28.3. The molecule has 0 spiro atoms. The average Bonchev–Trinajstić information content (AvgIpc) is 3.28. The number of rotatable bonds is 10. The largest absolute Gasteiger partial charge is 0.481 e. The Labute approximate surface area is 212 Å². The molecule has 0 saturated carbocycles. The molecule has 0 aliphatic carbocycles. The smallest absolute Gasteiger partial charge is 0.308 e. The van der Waals surface area contributed by atoms with Crippen LogP contribution in [-0.2, 0) is 21.0 Å². The van der Waals surface area contributed by atoms with Crippen LogP contribution in [-0.4, -0.2) is 73.0 Å². The summed E-state index contributed by atoms with van der Waals surface area (Å²) in [5.74, 6) is -1.03. The summed E-state index contributed by atoms with van der Waals surface area (Å²) in [6.07, 6.45) is 2.85. The fourth-order valence-corrected chi connectivity index (χ4v) is 5.08. The summed E-state index contributed by atoms with van der Waals surface area (Å²) < 4.78 is 32.3. The van der Waals surface area contributed by atoms with Gasteiger partial charge in [0.1, 0.15) is 6.73 Å². The van der Waals surface area contributed by atoms with E-state index < -0.39 is 13.9 Å². The third-order valence-electron chi connectivity index (χ3n) is 6.51. The number of nitrogens with zero attached hydrogens (tertiary/aromatic N) is 4. The Morgan fingerprint density at radius 3 is 2.61 bits per heavy atom. The molecule has 1 amide bonds. The van der Waals surface area contributed by atoms with Gasteiger partial charge in [-0.25, -0.2) is 14.1 Å². The number of carbonyl (C=O) groups is 2. The zero-order valence-electron chi connectivity index (χ0n) is 22.0. The maximum Gasteiger partial charge on any atom is 0.308 e. The van der Waals surface area contributed by atoms with Gasteiger partial charge in [-0.05, 0) is 31.4 Å². The normalized spacial score (nSPS) is 18.2. The van der Waals surface area contributed by atoms with Gasteiger partial charge >= 0.3 is 5.97 Å². The van der Waals surface area contributed by atoms with Crippen molar-refractivity contribution >= 4 is 20.0 Å². The van der Waals surface area contributed by atoms with Gasteiger partial charge in [0.15, 0.2) is 11.5 Å². The van der Waals surface area contributed by atoms with Crippen LogP contribution < -0.4 is 4.74 Å². The first-order valence-corrected chi connectivity index (χ1v) is 16.0. The monoisotopic (exact) mass is 520 g/mol. The van der Waals surface area contributed by atoms with Crippen LogP contribution in [0, 0.1) is 11.7 Å². The topological polar surface area (TPSA) is 95.8 Å². The lowest BCUT2D eigenvalue weighted by molar-refractivity contribution is -0.147. The molecular formula is C25H37FN4O5Si. The number of pyridine rings is 1. The number of esters is 1. The third-order valence-corrected chi connectivity index (χ3v) is 8.21. The molecule has 0 aromatic carbocycles. The van der Waals surface area contributed by atoms with Crippen molar-refractivity contribution < 1.29 is 28.2 Å². The first kappa shape index (κ1) is 27.8. The predicted octanol–water partition coefficient (Wildman–Crippen LogP) is 4.21. The fourth-order valence-electron chi connectivity index (χ4n) is 4.33. The van der Waals surface area contributed by atoms with E-state index in [9.17, 15) is 14.0 Å². The maximum absolute atomic E-state index is 14.8. The zero-order chi connectivity index (χ0) is 26.5. The Kier molecular flexibility index (Phi) is 9.23. The molecule has 0 radical (unpaired) electrons. The van der Waals surface area contributed by atoms with Gasteiger partial charge in [0, 0.05) is 38.9 Å². The SMILES string of the molecule is CCC1CC(C(=O)OC)CCN1C(=O)c1cc(-c2cc(OC)ncc2F)n(COCC[Si](C)(C)C)n1. The molecule has 9 nitrogen and oxygen atoms in total. The van der Waals surface area contributed by atoms with Gasteiger partial charge in [-0.3, -0.25) is 9.59 Å². The summed E-state index contributed by atoms with van der Waals surface area (Å²) in [6.45, 7) is 9.83. The van der Waals surface area contributed by atoms with Crippen molar-refractivity contribution in [2.24, 2.45) is 5.92 Å². The molecule has 2 unspecified atom stereocenters. The maximum atomic E-state index is 14.8. The molecule has 3 rings (SSSR count). The minimum atomic E-state index is -1.29. The highest BCUT2D eigenvalue weighted by Gasteiger charge is 2.36. The average molecular weight is 521 g/mol. The van der Waals surface area contributed by atoms with Gasteiger partial charge in [-0.2, -0.15) is 5.10 Å². The molecule has 3 heterocycles. The van der Waals surface area contributed by atoms with Gasteiger partial charge in [-0.15, -0.1) is 0 Å². The second-order valence-electron chi connectivity index (χ2n) is 10.3. The van der Waals surface area contributed by atoms with Crippen LogP contribution in [0.3, 0.4) is 0 Å². The van der Waals surface area contributed by atoms with E-state index >= 15 is 0 Å². The number of piperidine rings is 1. The van der Waals surface area contributed by atoms with E-state index in [1.807, 2.05) is 6.92 Å². The first-order valence-electron chi connectivity index (χ1n) is 12.3. The quantitative estimate of drug-likeness (QED) is 0.263. The van der Waals surface area contributed by atoms with Crippen molar-refractivity contribution in [2.75, 3.05) is 27.4 Å². The molecule has 0 N–H and O–H groups in total. The van der Waals surface area contributed by atoms with Gasteiger partial charge in [0.25, 0.3) is 5.91 Å². The number of amides is 1. The Morgan fingerprint density at radius 1 is 1.22 bits per heavy atom. The van der Waals surface area contributed by atoms with Crippen molar-refractivity contribution in [3.8, 4) is 17.1 Å². The van der Waals surface area contributed by atoms with Crippen LogP contribution in [0.15, 0.2) is 18.3 Å². The van der Waals surface area contributed by atoms with Crippen molar-refractivity contribution in [2.45, 2.75) is 64.6 Å². The second-order valence-corrected chi connectivity index (χ2v) is 15.9. The minimum absolute atomic E-state index is 0.0821. The summed E-state index contributed by atoms with van der Waals surface area (Å²) in [5.41, 5.74) is 0.824. The van der Waals surface area contributed by atoms with E-state index in [0.29, 0.717) is 38.1 Å². The molecule has 1 saturated heterocycles. The molecule has 1 fully saturated rings. The summed E-state index contributed by atoms with van der Waals surface area (Å²) in [7, 11) is 1.55. The lowest BCUT2D eigenvalue weighted by atomic mass is 9.89. The molecule has 2 aromatic heterocycles. The number of carbonyl (C=O) groups excluding carboxylic acids is 2. The summed E-state index contributed by atoms with van der Waals surface area (Å²) in [5, 5.41) is 4.52. The molecule has 1 aliphatic heterocycles. The van der Waals surface area contributed by atoms with Gasteiger partial charge in [0.2, 0.25) is 5.88 Å². The fraction of sp³-hybridized carbons (Fsp3) is 0.600. The standard InChI is InChI=1S/C25H37FN4O5Si/c1-7-18-12-17(25(32)34-3)8-9-29(18)24(31)21-14-22(19-13-23(33-2)27-15-20(19)26)30(28-21)16-35-10-11-36(4,5)6/h13-15,17-18H,7-12,16H2,1-6H3. The van der Waals surface area contributed by atoms with E-state index in [-0.39, 0.29) is 47.7 Å². The number of halogens is 1.